The van der Waals surface area contributed by atoms with Crippen LogP contribution >= 0.6 is 0 Å². The third-order valence-corrected chi connectivity index (χ3v) is 5.64. The zero-order chi connectivity index (χ0) is 20.8. The number of benzene rings is 1. The smallest absolute Gasteiger partial charge is 0.318 e. The minimum absolute atomic E-state index is 0.139. The van der Waals surface area contributed by atoms with Gasteiger partial charge < -0.3 is 9.32 Å². The minimum Gasteiger partial charge on any atom is -0.408 e. The number of rotatable bonds is 3. The highest BCUT2D eigenvalue weighted by atomic mass is 19.1. The number of nitrogens with zero attached hydrogens (tertiary/aromatic N) is 5. The molecular weight excluding hydrogens is 380 g/mol. The van der Waals surface area contributed by atoms with Gasteiger partial charge in [0, 0.05) is 44.6 Å². The molecule has 0 bridgehead atoms. The van der Waals surface area contributed by atoms with Gasteiger partial charge in [-0.25, -0.2) is 13.8 Å². The maximum Gasteiger partial charge on any atom is 0.318 e. The molecule has 1 amide bonds. The zero-order valence-corrected chi connectivity index (χ0v) is 16.6. The number of halogens is 2. The average molecular weight is 403 g/mol. The Balaban J connectivity index is 1.53. The molecule has 1 aromatic heterocycles. The van der Waals surface area contributed by atoms with Crippen molar-refractivity contribution in [2.24, 2.45) is 16.4 Å². The number of amides is 1. The summed E-state index contributed by atoms with van der Waals surface area (Å²) in [5, 5.41) is 13.6. The Morgan fingerprint density at radius 3 is 2.55 bits per heavy atom. The maximum atomic E-state index is 13.7. The van der Waals surface area contributed by atoms with Crippen molar-refractivity contribution in [2.75, 3.05) is 18.0 Å². The molecule has 1 aromatic carbocycles. The Labute approximate surface area is 167 Å². The molecule has 154 valence electrons. The molecule has 0 unspecified atom stereocenters. The van der Waals surface area contributed by atoms with E-state index in [4.69, 9.17) is 4.42 Å². The fraction of sp³-hybridized carbons (Fsp3) is 0.500. The summed E-state index contributed by atoms with van der Waals surface area (Å²) in [5.41, 5.74) is 0.0259. The summed E-state index contributed by atoms with van der Waals surface area (Å²) >= 11 is 0. The molecule has 7 nitrogen and oxygen atoms in total. The molecule has 2 atom stereocenters. The molecule has 2 aliphatic rings. The Bertz CT molecular complexity index is 938. The molecule has 2 aliphatic heterocycles. The van der Waals surface area contributed by atoms with Crippen LogP contribution in [0, 0.1) is 29.9 Å². The SMILES string of the molecule is Cc1nnc(N2CC[C@H](C(=O)N3N=CC[C@@H]3c3cc(F)cc(F)c3)C(C)(C)C2)o1. The van der Waals surface area contributed by atoms with Crippen molar-refractivity contribution >= 4 is 18.1 Å². The summed E-state index contributed by atoms with van der Waals surface area (Å²) in [6, 6.07) is 3.29. The van der Waals surface area contributed by atoms with E-state index in [1.54, 1.807) is 13.1 Å². The van der Waals surface area contributed by atoms with Gasteiger partial charge in [-0.05, 0) is 29.5 Å². The Morgan fingerprint density at radius 1 is 1.21 bits per heavy atom. The van der Waals surface area contributed by atoms with Crippen LogP contribution in [0.3, 0.4) is 0 Å². The second-order valence-electron chi connectivity index (χ2n) is 8.29. The van der Waals surface area contributed by atoms with Gasteiger partial charge in [0.1, 0.15) is 11.6 Å². The third kappa shape index (κ3) is 3.73. The number of hydrogen-bond donors (Lipinski definition) is 0. The monoisotopic (exact) mass is 403 g/mol. The first kappa shape index (κ1) is 19.5. The van der Waals surface area contributed by atoms with Crippen molar-refractivity contribution in [3.8, 4) is 0 Å². The summed E-state index contributed by atoms with van der Waals surface area (Å²) in [7, 11) is 0. The molecular formula is C20H23F2N5O2. The summed E-state index contributed by atoms with van der Waals surface area (Å²) < 4.78 is 32.9. The lowest BCUT2D eigenvalue weighted by molar-refractivity contribution is -0.142. The van der Waals surface area contributed by atoms with Gasteiger partial charge in [-0.1, -0.05) is 18.9 Å². The first-order chi connectivity index (χ1) is 13.7. The van der Waals surface area contributed by atoms with E-state index in [-0.39, 0.29) is 17.2 Å². The van der Waals surface area contributed by atoms with Crippen molar-refractivity contribution in [1.82, 2.24) is 15.2 Å². The average Bonchev–Trinajstić information content (AvgIpc) is 3.28. The van der Waals surface area contributed by atoms with Gasteiger partial charge in [-0.15, -0.1) is 5.10 Å². The number of aryl methyl sites for hydroxylation is 1. The topological polar surface area (TPSA) is 74.8 Å². The van der Waals surface area contributed by atoms with Crippen LogP contribution in [0.5, 0.6) is 0 Å². The van der Waals surface area contributed by atoms with E-state index in [1.165, 1.54) is 17.1 Å². The minimum atomic E-state index is -0.664. The van der Waals surface area contributed by atoms with Crippen LogP contribution in [0.25, 0.3) is 0 Å². The Morgan fingerprint density at radius 2 is 1.93 bits per heavy atom. The second-order valence-corrected chi connectivity index (χ2v) is 8.29. The van der Waals surface area contributed by atoms with E-state index in [9.17, 15) is 13.6 Å². The maximum absolute atomic E-state index is 13.7. The summed E-state index contributed by atoms with van der Waals surface area (Å²) in [4.78, 5) is 15.4. The van der Waals surface area contributed by atoms with Crippen molar-refractivity contribution in [2.45, 2.75) is 39.7 Å². The summed E-state index contributed by atoms with van der Waals surface area (Å²) in [5.74, 6) is -1.27. The standard InChI is InChI=1S/C20H23F2N5O2/c1-12-24-25-19(29-12)26-7-5-16(20(2,3)11-26)18(28)27-17(4-6-23-27)13-8-14(21)10-15(22)9-13/h6,8-10,16-17H,4-5,7,11H2,1-3H3/t16-,17-/m1/s1. The van der Waals surface area contributed by atoms with Crippen molar-refractivity contribution in [1.29, 1.82) is 0 Å². The molecule has 0 N–H and O–H groups in total. The van der Waals surface area contributed by atoms with Gasteiger partial charge in [0.05, 0.1) is 6.04 Å². The summed E-state index contributed by atoms with van der Waals surface area (Å²) in [6.45, 7) is 6.93. The predicted molar refractivity (Wildman–Crippen MR) is 102 cm³/mol. The Kier molecular flexibility index (Phi) is 4.84. The highest BCUT2D eigenvalue weighted by Crippen LogP contribution is 2.40. The first-order valence-electron chi connectivity index (χ1n) is 9.61. The van der Waals surface area contributed by atoms with E-state index in [0.717, 1.165) is 6.07 Å². The van der Waals surface area contributed by atoms with E-state index < -0.39 is 17.7 Å². The van der Waals surface area contributed by atoms with E-state index in [1.807, 2.05) is 18.7 Å². The van der Waals surface area contributed by atoms with Crippen molar-refractivity contribution < 1.29 is 18.0 Å². The quantitative estimate of drug-likeness (QED) is 0.785. The summed E-state index contributed by atoms with van der Waals surface area (Å²) in [6.07, 6.45) is 2.63. The van der Waals surface area contributed by atoms with Gasteiger partial charge in [0.2, 0.25) is 11.8 Å². The fourth-order valence-corrected chi connectivity index (χ4v) is 4.22. The highest BCUT2D eigenvalue weighted by Gasteiger charge is 2.45. The number of piperidine rings is 1. The van der Waals surface area contributed by atoms with Gasteiger partial charge in [0.15, 0.2) is 0 Å². The number of hydrogen-bond acceptors (Lipinski definition) is 6. The molecule has 0 aliphatic carbocycles. The second kappa shape index (κ2) is 7.20. The van der Waals surface area contributed by atoms with Crippen molar-refractivity contribution in [3.63, 3.8) is 0 Å². The van der Waals surface area contributed by atoms with Gasteiger partial charge in [-0.2, -0.15) is 5.10 Å². The lowest BCUT2D eigenvalue weighted by atomic mass is 9.73. The predicted octanol–water partition coefficient (Wildman–Crippen LogP) is 3.47. The van der Waals surface area contributed by atoms with Crippen LogP contribution < -0.4 is 4.90 Å². The van der Waals surface area contributed by atoms with Crippen LogP contribution in [-0.4, -0.2) is 40.4 Å². The molecule has 2 aromatic rings. The molecule has 9 heteroatoms. The van der Waals surface area contributed by atoms with Gasteiger partial charge >= 0.3 is 6.01 Å². The molecule has 1 fully saturated rings. The lowest BCUT2D eigenvalue weighted by Gasteiger charge is -2.43. The Hall–Kier alpha value is -2.84. The van der Waals surface area contributed by atoms with E-state index >= 15 is 0 Å². The third-order valence-electron chi connectivity index (χ3n) is 5.64. The van der Waals surface area contributed by atoms with Crippen LogP contribution in [0.4, 0.5) is 14.8 Å². The van der Waals surface area contributed by atoms with Gasteiger partial charge in [-0.3, -0.25) is 4.79 Å². The normalized spacial score (nSPS) is 23.6. The molecule has 4 rings (SSSR count). The number of aromatic nitrogens is 2. The van der Waals surface area contributed by atoms with Crippen LogP contribution in [-0.2, 0) is 4.79 Å². The fourth-order valence-electron chi connectivity index (χ4n) is 4.22. The van der Waals surface area contributed by atoms with Crippen LogP contribution in [0.15, 0.2) is 27.7 Å². The van der Waals surface area contributed by atoms with Gasteiger partial charge in [0.25, 0.3) is 0 Å². The molecule has 1 saturated heterocycles. The zero-order valence-electron chi connectivity index (χ0n) is 16.6. The highest BCUT2D eigenvalue weighted by molar-refractivity contribution is 5.83. The molecule has 3 heterocycles. The molecule has 29 heavy (non-hydrogen) atoms. The number of carbonyl (C=O) groups excluding carboxylic acids is 1. The van der Waals surface area contributed by atoms with Crippen LogP contribution in [0.2, 0.25) is 0 Å². The van der Waals surface area contributed by atoms with E-state index in [2.05, 4.69) is 15.3 Å². The molecule has 0 saturated carbocycles. The molecule has 0 radical (unpaired) electrons. The number of hydrazone groups is 1. The lowest BCUT2D eigenvalue weighted by Crippen LogP contribution is -2.51. The first-order valence-corrected chi connectivity index (χ1v) is 9.61. The van der Waals surface area contributed by atoms with Crippen molar-refractivity contribution in [3.05, 3.63) is 41.3 Å². The molecule has 0 spiro atoms. The largest absolute Gasteiger partial charge is 0.408 e. The van der Waals surface area contributed by atoms with E-state index in [0.29, 0.717) is 43.4 Å². The number of anilines is 1. The number of carbonyl (C=O) groups is 1. The van der Waals surface area contributed by atoms with Crippen LogP contribution in [0.1, 0.15) is 44.2 Å².